The lowest BCUT2D eigenvalue weighted by atomic mass is 9.86. The molecule has 1 atom stereocenters. The van der Waals surface area contributed by atoms with Gasteiger partial charge in [0, 0.05) is 44.7 Å². The number of hydrogen-bond acceptors (Lipinski definition) is 5. The van der Waals surface area contributed by atoms with Gasteiger partial charge >= 0.3 is 0 Å². The Morgan fingerprint density at radius 2 is 2.08 bits per heavy atom. The number of nitrogens with zero attached hydrogens (tertiary/aromatic N) is 5. The largest absolute Gasteiger partial charge is 0.342 e. The third-order valence-electron chi connectivity index (χ3n) is 6.27. The van der Waals surface area contributed by atoms with Crippen LogP contribution >= 0.6 is 0 Å². The second kappa shape index (κ2) is 6.68. The third kappa shape index (κ3) is 3.72. The Morgan fingerprint density at radius 3 is 2.80 bits per heavy atom. The Labute approximate surface area is 149 Å². The molecule has 0 radical (unpaired) electrons. The van der Waals surface area contributed by atoms with Crippen molar-refractivity contribution < 1.29 is 4.79 Å². The molecule has 1 saturated carbocycles. The summed E-state index contributed by atoms with van der Waals surface area (Å²) in [5.41, 5.74) is 0.109. The second-order valence-corrected chi connectivity index (χ2v) is 8.23. The van der Waals surface area contributed by atoms with Crippen LogP contribution in [0.4, 0.5) is 0 Å². The van der Waals surface area contributed by atoms with Crippen LogP contribution in [0.5, 0.6) is 0 Å². The molecule has 7 nitrogen and oxygen atoms in total. The summed E-state index contributed by atoms with van der Waals surface area (Å²) >= 11 is 0. The first-order valence-corrected chi connectivity index (χ1v) is 9.63. The molecule has 4 rings (SSSR count). The van der Waals surface area contributed by atoms with Gasteiger partial charge in [0.1, 0.15) is 5.82 Å². The highest BCUT2D eigenvalue weighted by atomic mass is 16.2. The number of carbonyl (C=O) groups is 1. The Bertz CT molecular complexity index is 627. The molecule has 3 fully saturated rings. The zero-order valence-electron chi connectivity index (χ0n) is 15.5. The van der Waals surface area contributed by atoms with Crippen LogP contribution in [0.15, 0.2) is 0 Å². The summed E-state index contributed by atoms with van der Waals surface area (Å²) in [6.07, 6.45) is 5.33. The van der Waals surface area contributed by atoms with Crippen molar-refractivity contribution in [3.63, 3.8) is 0 Å². The molecule has 2 aliphatic heterocycles. The lowest BCUT2D eigenvalue weighted by molar-refractivity contribution is -0.131. The van der Waals surface area contributed by atoms with E-state index in [0.29, 0.717) is 12.3 Å². The number of nitrogens with one attached hydrogen (secondary N) is 1. The van der Waals surface area contributed by atoms with Crippen molar-refractivity contribution >= 4 is 5.91 Å². The van der Waals surface area contributed by atoms with Gasteiger partial charge < -0.3 is 4.90 Å². The van der Waals surface area contributed by atoms with Gasteiger partial charge in [-0.3, -0.25) is 19.7 Å². The number of hydrogen-bond donors (Lipinski definition) is 1. The maximum atomic E-state index is 12.6. The van der Waals surface area contributed by atoms with E-state index in [1.807, 2.05) is 6.92 Å². The minimum atomic E-state index is 0.109. The number of likely N-dealkylation sites (N-methyl/N-ethyl adjacent to an activating group) is 1. The summed E-state index contributed by atoms with van der Waals surface area (Å²) in [5, 5.41) is 7.23. The number of piperazine rings is 1. The molecule has 3 heterocycles. The molecule has 0 bridgehead atoms. The van der Waals surface area contributed by atoms with Crippen LogP contribution in [-0.4, -0.2) is 81.1 Å². The standard InChI is InChI=1S/C18H30N6O/c1-14-19-16(21-20-14)12-23-10-9-22(2)18(13-23)6-5-17(25)24(8-7-18)11-15-3-4-15/h15H,3-13H2,1-2H3,(H,19,20,21). The zero-order valence-corrected chi connectivity index (χ0v) is 15.5. The monoisotopic (exact) mass is 346 g/mol. The maximum absolute atomic E-state index is 12.6. The van der Waals surface area contributed by atoms with Crippen molar-refractivity contribution in [3.8, 4) is 0 Å². The first-order valence-electron chi connectivity index (χ1n) is 9.63. The van der Waals surface area contributed by atoms with E-state index in [2.05, 4.69) is 36.9 Å². The molecule has 25 heavy (non-hydrogen) atoms. The highest BCUT2D eigenvalue weighted by Crippen LogP contribution is 2.35. The smallest absolute Gasteiger partial charge is 0.222 e. The minimum absolute atomic E-state index is 0.109. The molecule has 138 valence electrons. The lowest BCUT2D eigenvalue weighted by Crippen LogP contribution is -2.60. The summed E-state index contributed by atoms with van der Waals surface area (Å²) in [7, 11) is 2.23. The topological polar surface area (TPSA) is 68.4 Å². The molecular weight excluding hydrogens is 316 g/mol. The van der Waals surface area contributed by atoms with E-state index in [9.17, 15) is 4.79 Å². The zero-order chi connectivity index (χ0) is 17.4. The molecular formula is C18H30N6O. The molecule has 1 amide bonds. The van der Waals surface area contributed by atoms with Crippen LogP contribution < -0.4 is 0 Å². The van der Waals surface area contributed by atoms with E-state index in [1.54, 1.807) is 0 Å². The van der Waals surface area contributed by atoms with E-state index in [0.717, 1.165) is 69.7 Å². The molecule has 3 aliphatic rings. The average molecular weight is 346 g/mol. The summed E-state index contributed by atoms with van der Waals surface area (Å²) in [6, 6.07) is 0. The van der Waals surface area contributed by atoms with E-state index >= 15 is 0 Å². The van der Waals surface area contributed by atoms with Gasteiger partial charge in [-0.2, -0.15) is 5.10 Å². The molecule has 1 aromatic rings. The Balaban J connectivity index is 1.43. The van der Waals surface area contributed by atoms with Gasteiger partial charge in [-0.1, -0.05) is 0 Å². The summed E-state index contributed by atoms with van der Waals surface area (Å²) in [5.74, 6) is 2.87. The van der Waals surface area contributed by atoms with Crippen LogP contribution in [0.25, 0.3) is 0 Å². The average Bonchev–Trinajstić information content (AvgIpc) is 3.34. The van der Waals surface area contributed by atoms with Crippen LogP contribution in [0.3, 0.4) is 0 Å². The van der Waals surface area contributed by atoms with Crippen LogP contribution in [0.1, 0.15) is 43.8 Å². The van der Waals surface area contributed by atoms with E-state index in [1.165, 1.54) is 12.8 Å². The van der Waals surface area contributed by atoms with Crippen LogP contribution in [0.2, 0.25) is 0 Å². The van der Waals surface area contributed by atoms with Gasteiger partial charge in [0.25, 0.3) is 0 Å². The van der Waals surface area contributed by atoms with Crippen molar-refractivity contribution in [2.24, 2.45) is 5.92 Å². The molecule has 1 aromatic heterocycles. The van der Waals surface area contributed by atoms with Crippen molar-refractivity contribution in [2.45, 2.75) is 51.1 Å². The molecule has 0 aromatic carbocycles. The Kier molecular flexibility index (Phi) is 4.54. The first kappa shape index (κ1) is 17.0. The second-order valence-electron chi connectivity index (χ2n) is 8.23. The number of amides is 1. The molecule has 2 saturated heterocycles. The van der Waals surface area contributed by atoms with Gasteiger partial charge in [-0.05, 0) is 45.6 Å². The molecule has 1 spiro atoms. The molecule has 1 unspecified atom stereocenters. The van der Waals surface area contributed by atoms with Crippen LogP contribution in [-0.2, 0) is 11.3 Å². The van der Waals surface area contributed by atoms with Gasteiger partial charge in [-0.25, -0.2) is 4.98 Å². The highest BCUT2D eigenvalue weighted by molar-refractivity contribution is 5.76. The summed E-state index contributed by atoms with van der Waals surface area (Å²) in [6.45, 7) is 7.70. The lowest BCUT2D eigenvalue weighted by Gasteiger charge is -2.49. The molecule has 7 heteroatoms. The minimum Gasteiger partial charge on any atom is -0.342 e. The number of aromatic nitrogens is 3. The molecule has 1 N–H and O–H groups in total. The van der Waals surface area contributed by atoms with Crippen molar-refractivity contribution in [3.05, 3.63) is 11.6 Å². The summed E-state index contributed by atoms with van der Waals surface area (Å²) < 4.78 is 0. The SMILES string of the molecule is Cc1nc(CN2CCN(C)C3(CCC(=O)N(CC4CC4)CC3)C2)n[nH]1. The number of rotatable bonds is 4. The number of aromatic amines is 1. The fourth-order valence-electron chi connectivity index (χ4n) is 4.37. The third-order valence-corrected chi connectivity index (χ3v) is 6.27. The maximum Gasteiger partial charge on any atom is 0.222 e. The predicted octanol–water partition coefficient (Wildman–Crippen LogP) is 1.02. The fourth-order valence-corrected chi connectivity index (χ4v) is 4.37. The van der Waals surface area contributed by atoms with Gasteiger partial charge in [0.2, 0.25) is 5.91 Å². The quantitative estimate of drug-likeness (QED) is 0.882. The summed E-state index contributed by atoms with van der Waals surface area (Å²) in [4.78, 5) is 24.1. The van der Waals surface area contributed by atoms with E-state index < -0.39 is 0 Å². The fraction of sp³-hybridized carbons (Fsp3) is 0.833. The number of H-pyrrole nitrogens is 1. The van der Waals surface area contributed by atoms with Gasteiger partial charge in [0.05, 0.1) is 6.54 Å². The van der Waals surface area contributed by atoms with Crippen molar-refractivity contribution in [2.75, 3.05) is 39.8 Å². The Hall–Kier alpha value is -1.47. The van der Waals surface area contributed by atoms with Gasteiger partial charge in [0.15, 0.2) is 5.82 Å². The van der Waals surface area contributed by atoms with Gasteiger partial charge in [-0.15, -0.1) is 0 Å². The molecule has 1 aliphatic carbocycles. The first-order chi connectivity index (χ1) is 12.0. The van der Waals surface area contributed by atoms with Crippen molar-refractivity contribution in [1.29, 1.82) is 0 Å². The normalized spacial score (nSPS) is 29.4. The Morgan fingerprint density at radius 1 is 1.24 bits per heavy atom. The van der Waals surface area contributed by atoms with Crippen LogP contribution in [0, 0.1) is 12.8 Å². The highest BCUT2D eigenvalue weighted by Gasteiger charge is 2.42. The predicted molar refractivity (Wildman–Crippen MR) is 94.9 cm³/mol. The number of aryl methyl sites for hydroxylation is 1. The number of likely N-dealkylation sites (tertiary alicyclic amines) is 1. The van der Waals surface area contributed by atoms with Crippen molar-refractivity contribution in [1.82, 2.24) is 29.9 Å². The number of carbonyl (C=O) groups excluding carboxylic acids is 1. The van der Waals surface area contributed by atoms with E-state index in [-0.39, 0.29) is 5.54 Å². The van der Waals surface area contributed by atoms with E-state index in [4.69, 9.17) is 0 Å².